The molecule has 2 aliphatic rings. The zero-order valence-electron chi connectivity index (χ0n) is 14.0. The Morgan fingerprint density at radius 2 is 2.04 bits per heavy atom. The van der Waals surface area contributed by atoms with E-state index in [1.54, 1.807) is 6.92 Å². The SMILES string of the molecule is Cc1nc(CC(=O)N2CCC(c3nc4c(s3)CCCC4)CC2)no1. The van der Waals surface area contributed by atoms with Crippen LogP contribution in [0.15, 0.2) is 4.52 Å². The number of piperidine rings is 1. The third-order valence-electron chi connectivity index (χ3n) is 4.94. The van der Waals surface area contributed by atoms with Crippen molar-refractivity contribution < 1.29 is 9.32 Å². The molecule has 128 valence electrons. The van der Waals surface area contributed by atoms with Crippen LogP contribution in [0.4, 0.5) is 0 Å². The van der Waals surface area contributed by atoms with Crippen molar-refractivity contribution in [3.8, 4) is 0 Å². The Morgan fingerprint density at radius 1 is 1.25 bits per heavy atom. The zero-order chi connectivity index (χ0) is 16.5. The molecule has 7 heteroatoms. The number of nitrogens with zero attached hydrogens (tertiary/aromatic N) is 4. The lowest BCUT2D eigenvalue weighted by atomic mass is 9.97. The molecule has 0 aromatic carbocycles. The Bertz CT molecular complexity index is 707. The van der Waals surface area contributed by atoms with Gasteiger partial charge in [0.15, 0.2) is 5.82 Å². The van der Waals surface area contributed by atoms with E-state index in [1.165, 1.54) is 34.8 Å². The monoisotopic (exact) mass is 346 g/mol. The van der Waals surface area contributed by atoms with E-state index in [2.05, 4.69) is 10.1 Å². The smallest absolute Gasteiger partial charge is 0.230 e. The number of aryl methyl sites for hydroxylation is 3. The Labute approximate surface area is 145 Å². The van der Waals surface area contributed by atoms with Crippen molar-refractivity contribution in [3.63, 3.8) is 0 Å². The molecule has 1 aliphatic heterocycles. The van der Waals surface area contributed by atoms with Crippen LogP contribution in [-0.2, 0) is 24.1 Å². The van der Waals surface area contributed by atoms with E-state index < -0.39 is 0 Å². The number of amides is 1. The van der Waals surface area contributed by atoms with E-state index in [0.717, 1.165) is 32.4 Å². The Hall–Kier alpha value is -1.76. The van der Waals surface area contributed by atoms with Crippen LogP contribution >= 0.6 is 11.3 Å². The van der Waals surface area contributed by atoms with Crippen LogP contribution in [0.2, 0.25) is 0 Å². The quantitative estimate of drug-likeness (QED) is 0.854. The van der Waals surface area contributed by atoms with Gasteiger partial charge in [0, 0.05) is 30.8 Å². The van der Waals surface area contributed by atoms with Gasteiger partial charge in [0.1, 0.15) is 0 Å². The minimum absolute atomic E-state index is 0.0904. The first-order chi connectivity index (χ1) is 11.7. The number of thiazole rings is 1. The molecule has 2 aromatic heterocycles. The highest BCUT2D eigenvalue weighted by molar-refractivity contribution is 7.11. The van der Waals surface area contributed by atoms with E-state index >= 15 is 0 Å². The summed E-state index contributed by atoms with van der Waals surface area (Å²) in [6, 6.07) is 0. The summed E-state index contributed by atoms with van der Waals surface area (Å²) in [6.07, 6.45) is 7.16. The summed E-state index contributed by atoms with van der Waals surface area (Å²) in [4.78, 5) is 24.8. The summed E-state index contributed by atoms with van der Waals surface area (Å²) in [5, 5.41) is 5.10. The second kappa shape index (κ2) is 6.63. The molecule has 24 heavy (non-hydrogen) atoms. The van der Waals surface area contributed by atoms with Gasteiger partial charge in [-0.2, -0.15) is 4.98 Å². The number of carbonyl (C=O) groups excluding carboxylic acids is 1. The average molecular weight is 346 g/mol. The minimum atomic E-state index is 0.0904. The molecule has 0 bridgehead atoms. The number of rotatable bonds is 3. The first kappa shape index (κ1) is 15.7. The number of fused-ring (bicyclic) bond motifs is 1. The van der Waals surface area contributed by atoms with Gasteiger partial charge >= 0.3 is 0 Å². The summed E-state index contributed by atoms with van der Waals surface area (Å²) >= 11 is 1.91. The van der Waals surface area contributed by atoms with Crippen molar-refractivity contribution in [1.29, 1.82) is 0 Å². The number of aromatic nitrogens is 3. The van der Waals surface area contributed by atoms with Gasteiger partial charge < -0.3 is 9.42 Å². The van der Waals surface area contributed by atoms with Gasteiger partial charge in [0.05, 0.1) is 17.1 Å². The fourth-order valence-corrected chi connectivity index (χ4v) is 4.91. The van der Waals surface area contributed by atoms with Crippen LogP contribution in [0.1, 0.15) is 58.9 Å². The van der Waals surface area contributed by atoms with Gasteiger partial charge in [-0.3, -0.25) is 4.79 Å². The van der Waals surface area contributed by atoms with Crippen LogP contribution < -0.4 is 0 Å². The van der Waals surface area contributed by atoms with Gasteiger partial charge in [-0.25, -0.2) is 4.98 Å². The molecular weight excluding hydrogens is 324 g/mol. The molecular formula is C17H22N4O2S. The average Bonchev–Trinajstić information content (AvgIpc) is 3.21. The van der Waals surface area contributed by atoms with E-state index in [1.807, 2.05) is 16.2 Å². The van der Waals surface area contributed by atoms with E-state index in [0.29, 0.717) is 17.6 Å². The minimum Gasteiger partial charge on any atom is -0.342 e. The van der Waals surface area contributed by atoms with Gasteiger partial charge in [-0.15, -0.1) is 11.3 Å². The molecule has 1 fully saturated rings. The highest BCUT2D eigenvalue weighted by Gasteiger charge is 2.27. The third kappa shape index (κ3) is 3.22. The van der Waals surface area contributed by atoms with Crippen molar-refractivity contribution in [2.24, 2.45) is 0 Å². The lowest BCUT2D eigenvalue weighted by Crippen LogP contribution is -2.38. The summed E-state index contributed by atoms with van der Waals surface area (Å²) in [6.45, 7) is 3.33. The van der Waals surface area contributed by atoms with E-state index in [4.69, 9.17) is 9.51 Å². The van der Waals surface area contributed by atoms with Crippen LogP contribution in [0.5, 0.6) is 0 Å². The van der Waals surface area contributed by atoms with Crippen molar-refractivity contribution in [2.45, 2.75) is 57.8 Å². The highest BCUT2D eigenvalue weighted by Crippen LogP contribution is 2.35. The first-order valence-corrected chi connectivity index (χ1v) is 9.56. The van der Waals surface area contributed by atoms with Crippen LogP contribution in [0.25, 0.3) is 0 Å². The van der Waals surface area contributed by atoms with Gasteiger partial charge in [0.25, 0.3) is 0 Å². The third-order valence-corrected chi connectivity index (χ3v) is 6.26. The Balaban J connectivity index is 1.34. The molecule has 6 nitrogen and oxygen atoms in total. The van der Waals surface area contributed by atoms with E-state index in [9.17, 15) is 4.79 Å². The van der Waals surface area contributed by atoms with Crippen LogP contribution in [0.3, 0.4) is 0 Å². The largest absolute Gasteiger partial charge is 0.342 e. The summed E-state index contributed by atoms with van der Waals surface area (Å²) in [5.74, 6) is 1.58. The second-order valence-electron chi connectivity index (χ2n) is 6.69. The number of hydrogen-bond acceptors (Lipinski definition) is 6. The standard InChI is InChI=1S/C17H22N4O2S/c1-11-18-15(20-23-11)10-16(22)21-8-6-12(7-9-21)17-19-13-4-2-3-5-14(13)24-17/h12H,2-10H2,1H3. The maximum Gasteiger partial charge on any atom is 0.230 e. The van der Waals surface area contributed by atoms with Gasteiger partial charge in [-0.05, 0) is 38.5 Å². The highest BCUT2D eigenvalue weighted by atomic mass is 32.1. The maximum atomic E-state index is 12.4. The molecule has 0 atom stereocenters. The van der Waals surface area contributed by atoms with Crippen molar-refractivity contribution in [3.05, 3.63) is 27.3 Å². The fourth-order valence-electron chi connectivity index (χ4n) is 3.58. The molecule has 4 rings (SSSR count). The van der Waals surface area contributed by atoms with Crippen molar-refractivity contribution in [2.75, 3.05) is 13.1 Å². The maximum absolute atomic E-state index is 12.4. The van der Waals surface area contributed by atoms with Gasteiger partial charge in [-0.1, -0.05) is 5.16 Å². The van der Waals surface area contributed by atoms with E-state index in [-0.39, 0.29) is 12.3 Å². The summed E-state index contributed by atoms with van der Waals surface area (Å²) in [5.41, 5.74) is 1.34. The topological polar surface area (TPSA) is 72.1 Å². The molecule has 1 aliphatic carbocycles. The first-order valence-electron chi connectivity index (χ1n) is 8.74. The predicted octanol–water partition coefficient (Wildman–Crippen LogP) is 2.66. The normalized spacial score (nSPS) is 18.6. The predicted molar refractivity (Wildman–Crippen MR) is 90.1 cm³/mol. The molecule has 0 unspecified atom stereocenters. The number of carbonyl (C=O) groups is 1. The van der Waals surface area contributed by atoms with Gasteiger partial charge in [0.2, 0.25) is 11.8 Å². The number of hydrogen-bond donors (Lipinski definition) is 0. The van der Waals surface area contributed by atoms with Crippen LogP contribution in [0, 0.1) is 6.92 Å². The van der Waals surface area contributed by atoms with Crippen molar-refractivity contribution >= 4 is 17.2 Å². The molecule has 0 saturated carbocycles. The lowest BCUT2D eigenvalue weighted by molar-refractivity contribution is -0.131. The Kier molecular flexibility index (Phi) is 4.35. The fraction of sp³-hybridized carbons (Fsp3) is 0.647. The van der Waals surface area contributed by atoms with Crippen molar-refractivity contribution in [1.82, 2.24) is 20.0 Å². The summed E-state index contributed by atoms with van der Waals surface area (Å²) < 4.78 is 4.93. The Morgan fingerprint density at radius 3 is 2.75 bits per heavy atom. The zero-order valence-corrected chi connectivity index (χ0v) is 14.8. The van der Waals surface area contributed by atoms with Crippen LogP contribution in [-0.4, -0.2) is 39.0 Å². The molecule has 2 aromatic rings. The second-order valence-corrected chi connectivity index (χ2v) is 7.81. The molecule has 3 heterocycles. The summed E-state index contributed by atoms with van der Waals surface area (Å²) in [7, 11) is 0. The molecule has 0 spiro atoms. The molecule has 1 saturated heterocycles. The molecule has 1 amide bonds. The number of likely N-dealkylation sites (tertiary alicyclic amines) is 1. The molecule has 0 radical (unpaired) electrons. The molecule has 0 N–H and O–H groups in total. The lowest BCUT2D eigenvalue weighted by Gasteiger charge is -2.31.